The van der Waals surface area contributed by atoms with Crippen LogP contribution in [-0.2, 0) is 6.54 Å². The highest BCUT2D eigenvalue weighted by atomic mass is 35.5. The van der Waals surface area contributed by atoms with Gasteiger partial charge in [0.1, 0.15) is 5.75 Å². The molecule has 0 aliphatic rings. The molecule has 0 aliphatic heterocycles. The minimum absolute atomic E-state index is 0.245. The van der Waals surface area contributed by atoms with Gasteiger partial charge in [-0.2, -0.15) is 0 Å². The van der Waals surface area contributed by atoms with E-state index < -0.39 is 0 Å². The van der Waals surface area contributed by atoms with Crippen LogP contribution in [0.15, 0.2) is 60.8 Å². The highest BCUT2D eigenvalue weighted by Crippen LogP contribution is 2.33. The third-order valence-electron chi connectivity index (χ3n) is 4.45. The lowest BCUT2D eigenvalue weighted by Gasteiger charge is -2.21. The quantitative estimate of drug-likeness (QED) is 0.424. The molecule has 0 saturated heterocycles. The number of nitrogens with zero attached hydrogens (tertiary/aromatic N) is 3. The van der Waals surface area contributed by atoms with Gasteiger partial charge >= 0.3 is 0 Å². The van der Waals surface area contributed by atoms with Crippen LogP contribution in [0.5, 0.6) is 5.75 Å². The monoisotopic (exact) mass is 423 g/mol. The zero-order chi connectivity index (χ0) is 20.4. The van der Waals surface area contributed by atoms with Crippen LogP contribution in [0.25, 0.3) is 10.2 Å². The molecular formula is C22H18ClN3O2S. The summed E-state index contributed by atoms with van der Waals surface area (Å²) < 4.78 is 6.42. The molecule has 0 bridgehead atoms. The Bertz CT molecular complexity index is 1180. The molecule has 4 rings (SSSR count). The molecule has 0 atom stereocenters. The number of thiazole rings is 1. The van der Waals surface area contributed by atoms with Crippen molar-refractivity contribution in [1.29, 1.82) is 0 Å². The van der Waals surface area contributed by atoms with Crippen LogP contribution in [0.1, 0.15) is 21.6 Å². The normalized spacial score (nSPS) is 10.9. The number of benzene rings is 2. The first kappa shape index (κ1) is 19.4. The zero-order valence-corrected chi connectivity index (χ0v) is 17.5. The summed E-state index contributed by atoms with van der Waals surface area (Å²) in [5.74, 6) is 0.216. The third-order valence-corrected chi connectivity index (χ3v) is 5.72. The van der Waals surface area contributed by atoms with E-state index in [1.165, 1.54) is 18.4 Å². The lowest BCUT2D eigenvalue weighted by molar-refractivity contribution is 0.0982. The van der Waals surface area contributed by atoms with Gasteiger partial charge in [-0.1, -0.05) is 35.1 Å². The molecule has 5 nitrogen and oxygen atoms in total. The molecule has 0 radical (unpaired) electrons. The molecule has 2 aromatic heterocycles. The average Bonchev–Trinajstić information content (AvgIpc) is 3.15. The molecule has 146 valence electrons. The van der Waals surface area contributed by atoms with Crippen LogP contribution in [0.3, 0.4) is 0 Å². The van der Waals surface area contributed by atoms with E-state index in [-0.39, 0.29) is 12.5 Å². The van der Waals surface area contributed by atoms with Gasteiger partial charge in [0.05, 0.1) is 35.1 Å². The first-order valence-electron chi connectivity index (χ1n) is 8.97. The second-order valence-corrected chi connectivity index (χ2v) is 7.97. The molecule has 1 amide bonds. The summed E-state index contributed by atoms with van der Waals surface area (Å²) in [6.07, 6.45) is 1.71. The van der Waals surface area contributed by atoms with E-state index in [4.69, 9.17) is 21.3 Å². The predicted molar refractivity (Wildman–Crippen MR) is 117 cm³/mol. The average molecular weight is 424 g/mol. The number of hydrogen-bond acceptors (Lipinski definition) is 5. The summed E-state index contributed by atoms with van der Waals surface area (Å²) in [4.78, 5) is 24.2. The van der Waals surface area contributed by atoms with Crippen molar-refractivity contribution in [3.05, 3.63) is 82.6 Å². The first-order chi connectivity index (χ1) is 14.0. The summed E-state index contributed by atoms with van der Waals surface area (Å²) in [6, 6.07) is 16.7. The molecule has 0 spiro atoms. The van der Waals surface area contributed by atoms with Gasteiger partial charge < -0.3 is 4.74 Å². The highest BCUT2D eigenvalue weighted by Gasteiger charge is 2.25. The van der Waals surface area contributed by atoms with Crippen molar-refractivity contribution in [2.45, 2.75) is 13.5 Å². The summed E-state index contributed by atoms with van der Waals surface area (Å²) >= 11 is 7.63. The number of amides is 1. The zero-order valence-electron chi connectivity index (χ0n) is 15.9. The fourth-order valence-corrected chi connectivity index (χ4v) is 4.24. The van der Waals surface area contributed by atoms with E-state index >= 15 is 0 Å². The van der Waals surface area contributed by atoms with Gasteiger partial charge in [-0.05, 0) is 55.0 Å². The second kappa shape index (κ2) is 8.19. The largest absolute Gasteiger partial charge is 0.496 e. The minimum Gasteiger partial charge on any atom is -0.496 e. The van der Waals surface area contributed by atoms with Gasteiger partial charge in [0.15, 0.2) is 5.13 Å². The van der Waals surface area contributed by atoms with Crippen LogP contribution in [-0.4, -0.2) is 23.0 Å². The number of anilines is 1. The van der Waals surface area contributed by atoms with Crippen LogP contribution < -0.4 is 9.64 Å². The smallest absolute Gasteiger partial charge is 0.264 e. The lowest BCUT2D eigenvalue weighted by atomic mass is 10.1. The van der Waals surface area contributed by atoms with Gasteiger partial charge in [0, 0.05) is 11.2 Å². The number of carbonyl (C=O) groups excluding carboxylic acids is 1. The van der Waals surface area contributed by atoms with Crippen molar-refractivity contribution < 1.29 is 9.53 Å². The van der Waals surface area contributed by atoms with Crippen LogP contribution in [0, 0.1) is 6.92 Å². The predicted octanol–water partition coefficient (Wildman–Crippen LogP) is 5.51. The number of halogens is 1. The number of methoxy groups -OCH3 is 1. The molecule has 4 aromatic rings. The summed E-state index contributed by atoms with van der Waals surface area (Å²) in [5.41, 5.74) is 3.14. The van der Waals surface area contributed by atoms with Crippen molar-refractivity contribution in [2.24, 2.45) is 0 Å². The Balaban J connectivity index is 1.81. The summed E-state index contributed by atoms with van der Waals surface area (Å²) in [5, 5.41) is 1.06. The van der Waals surface area contributed by atoms with E-state index in [0.717, 1.165) is 21.5 Å². The Hall–Kier alpha value is -2.96. The lowest BCUT2D eigenvalue weighted by Crippen LogP contribution is -2.31. The Morgan fingerprint density at radius 2 is 2.03 bits per heavy atom. The van der Waals surface area contributed by atoms with E-state index in [1.54, 1.807) is 29.3 Å². The minimum atomic E-state index is -0.245. The van der Waals surface area contributed by atoms with Crippen molar-refractivity contribution in [1.82, 2.24) is 9.97 Å². The number of fused-ring (bicyclic) bond motifs is 1. The number of hydrogen-bond donors (Lipinski definition) is 0. The summed E-state index contributed by atoms with van der Waals surface area (Å²) in [6.45, 7) is 2.32. The Kier molecular flexibility index (Phi) is 5.47. The fourth-order valence-electron chi connectivity index (χ4n) is 3.01. The number of aromatic nitrogens is 2. The SMILES string of the molecule is COc1ccc(Cl)cc1C(=O)N(Cc1ccccn1)c1nc2ccc(C)cc2s1. The van der Waals surface area contributed by atoms with Gasteiger partial charge in [-0.3, -0.25) is 14.7 Å². The molecule has 0 unspecified atom stereocenters. The maximum atomic E-state index is 13.6. The highest BCUT2D eigenvalue weighted by molar-refractivity contribution is 7.22. The van der Waals surface area contributed by atoms with Crippen molar-refractivity contribution in [3.8, 4) is 5.75 Å². The van der Waals surface area contributed by atoms with Crippen molar-refractivity contribution >= 4 is 44.2 Å². The standard InChI is InChI=1S/C22H18ClN3O2S/c1-14-6-8-18-20(11-14)29-22(25-18)26(13-16-5-3-4-10-24-16)21(27)17-12-15(23)7-9-19(17)28-2/h3-12H,13H2,1-2H3. The topological polar surface area (TPSA) is 55.3 Å². The Labute approximate surface area is 177 Å². The number of pyridine rings is 1. The molecule has 0 fully saturated rings. The Morgan fingerprint density at radius 1 is 1.17 bits per heavy atom. The molecule has 29 heavy (non-hydrogen) atoms. The number of aryl methyl sites for hydroxylation is 1. The maximum Gasteiger partial charge on any atom is 0.264 e. The van der Waals surface area contributed by atoms with E-state index in [9.17, 15) is 4.79 Å². The second-order valence-electron chi connectivity index (χ2n) is 6.52. The van der Waals surface area contributed by atoms with Crippen LogP contribution in [0.2, 0.25) is 5.02 Å². The van der Waals surface area contributed by atoms with Gasteiger partial charge in [0.25, 0.3) is 5.91 Å². The van der Waals surface area contributed by atoms with Crippen molar-refractivity contribution in [3.63, 3.8) is 0 Å². The number of rotatable bonds is 5. The fraction of sp³-hybridized carbons (Fsp3) is 0.136. The number of ether oxygens (including phenoxy) is 1. The molecule has 2 heterocycles. The molecule has 2 aromatic carbocycles. The first-order valence-corrected chi connectivity index (χ1v) is 10.2. The molecule has 0 aliphatic carbocycles. The molecule has 7 heteroatoms. The Morgan fingerprint density at radius 3 is 2.79 bits per heavy atom. The van der Waals surface area contributed by atoms with Gasteiger partial charge in [-0.25, -0.2) is 4.98 Å². The molecule has 0 N–H and O–H groups in total. The number of carbonyl (C=O) groups is 1. The van der Waals surface area contributed by atoms with Gasteiger partial charge in [0.2, 0.25) is 0 Å². The van der Waals surface area contributed by atoms with Crippen LogP contribution in [0.4, 0.5) is 5.13 Å². The van der Waals surface area contributed by atoms with E-state index in [2.05, 4.69) is 11.1 Å². The summed E-state index contributed by atoms with van der Waals surface area (Å²) in [7, 11) is 1.53. The van der Waals surface area contributed by atoms with E-state index in [0.29, 0.717) is 21.5 Å². The maximum absolute atomic E-state index is 13.6. The van der Waals surface area contributed by atoms with E-state index in [1.807, 2.05) is 37.3 Å². The molecular weight excluding hydrogens is 406 g/mol. The molecule has 0 saturated carbocycles. The van der Waals surface area contributed by atoms with Crippen LogP contribution >= 0.6 is 22.9 Å². The third kappa shape index (κ3) is 4.09. The van der Waals surface area contributed by atoms with Gasteiger partial charge in [-0.15, -0.1) is 0 Å². The van der Waals surface area contributed by atoms with Crippen molar-refractivity contribution in [2.75, 3.05) is 12.0 Å².